The lowest BCUT2D eigenvalue weighted by Crippen LogP contribution is -2.44. The van der Waals surface area contributed by atoms with E-state index in [0.717, 1.165) is 24.7 Å². The first kappa shape index (κ1) is 35.2. The summed E-state index contributed by atoms with van der Waals surface area (Å²) in [7, 11) is 2.31. The number of aromatic nitrogens is 1. The van der Waals surface area contributed by atoms with Crippen molar-refractivity contribution in [1.29, 1.82) is 0 Å². The number of carbonyl (C=O) groups is 2. The average Bonchev–Trinajstić information content (AvgIpc) is 2.98. The third-order valence-corrected chi connectivity index (χ3v) is 7.78. The molecule has 2 atom stereocenters. The number of aryl methyl sites for hydroxylation is 1. The number of esters is 1. The summed E-state index contributed by atoms with van der Waals surface area (Å²) in [5.74, 6) is -5.52. The summed E-state index contributed by atoms with van der Waals surface area (Å²) in [6.45, 7) is 2.19. The van der Waals surface area contributed by atoms with Gasteiger partial charge >= 0.3 is 18.3 Å². The van der Waals surface area contributed by atoms with Crippen LogP contribution in [0.25, 0.3) is 11.1 Å². The van der Waals surface area contributed by atoms with Crippen LogP contribution in [0.3, 0.4) is 0 Å². The molecule has 0 spiro atoms. The standard InChI is InChI=1S/C31H29F8N3O5/c1-14-10-20(31(37,38)39)24(28(44)42(14)3)19-8-7-16(18-6-5-9-47-26(18)19)11-23(29(45)46-4)41-27(43)25-21(32)12-17(13-22(25)33)40-15(2)30(34,35)36/h7-8,10,12-13,15,23,40H,5-6,9,11H2,1-4H3,(H,41,43)/t15-,23+/m1/s1. The van der Waals surface area contributed by atoms with E-state index in [4.69, 9.17) is 9.47 Å². The molecule has 16 heteroatoms. The predicted molar refractivity (Wildman–Crippen MR) is 153 cm³/mol. The van der Waals surface area contributed by atoms with Gasteiger partial charge in [-0.15, -0.1) is 0 Å². The summed E-state index contributed by atoms with van der Waals surface area (Å²) in [5.41, 5.74) is -3.90. The molecule has 2 aromatic carbocycles. The highest BCUT2D eigenvalue weighted by molar-refractivity contribution is 5.97. The second-order valence-corrected chi connectivity index (χ2v) is 10.9. The molecule has 0 aliphatic carbocycles. The number of carbonyl (C=O) groups excluding carboxylic acids is 2. The number of hydrogen-bond acceptors (Lipinski definition) is 6. The van der Waals surface area contributed by atoms with Gasteiger partial charge in [0.1, 0.15) is 35.0 Å². The third kappa shape index (κ3) is 7.36. The predicted octanol–water partition coefficient (Wildman–Crippen LogP) is 5.86. The molecule has 1 aliphatic rings. The summed E-state index contributed by atoms with van der Waals surface area (Å²) < 4.78 is 122. The Hall–Kier alpha value is -4.63. The summed E-state index contributed by atoms with van der Waals surface area (Å²) in [5, 5.41) is 4.06. The van der Waals surface area contributed by atoms with E-state index in [1.54, 1.807) is 0 Å². The Balaban J connectivity index is 1.71. The molecule has 1 aliphatic heterocycles. The Morgan fingerprint density at radius 2 is 1.70 bits per heavy atom. The third-order valence-electron chi connectivity index (χ3n) is 7.78. The molecule has 0 saturated carbocycles. The minimum Gasteiger partial charge on any atom is -0.493 e. The van der Waals surface area contributed by atoms with Gasteiger partial charge < -0.3 is 24.7 Å². The molecule has 0 fully saturated rings. The molecule has 254 valence electrons. The van der Waals surface area contributed by atoms with Crippen molar-refractivity contribution < 1.29 is 54.2 Å². The molecule has 4 rings (SSSR count). The first-order valence-electron chi connectivity index (χ1n) is 14.1. The number of methoxy groups -OCH3 is 1. The molecule has 2 heterocycles. The maximum atomic E-state index is 14.8. The second-order valence-electron chi connectivity index (χ2n) is 10.9. The Morgan fingerprint density at radius 1 is 1.06 bits per heavy atom. The number of fused-ring (bicyclic) bond motifs is 1. The van der Waals surface area contributed by atoms with Crippen molar-refractivity contribution in [2.24, 2.45) is 7.05 Å². The lowest BCUT2D eigenvalue weighted by Gasteiger charge is -2.26. The average molecular weight is 676 g/mol. The Morgan fingerprint density at radius 3 is 2.28 bits per heavy atom. The van der Waals surface area contributed by atoms with Crippen LogP contribution in [0.2, 0.25) is 0 Å². The molecule has 1 amide bonds. The van der Waals surface area contributed by atoms with Crippen LogP contribution in [-0.4, -0.2) is 48.4 Å². The molecule has 2 N–H and O–H groups in total. The van der Waals surface area contributed by atoms with E-state index in [-0.39, 0.29) is 36.5 Å². The van der Waals surface area contributed by atoms with E-state index in [9.17, 15) is 49.5 Å². The quantitative estimate of drug-likeness (QED) is 0.230. The van der Waals surface area contributed by atoms with E-state index in [2.05, 4.69) is 5.32 Å². The first-order chi connectivity index (χ1) is 21.8. The molecule has 3 aromatic rings. The van der Waals surface area contributed by atoms with Crippen LogP contribution >= 0.6 is 0 Å². The van der Waals surface area contributed by atoms with Gasteiger partial charge in [-0.25, -0.2) is 13.6 Å². The van der Waals surface area contributed by atoms with Gasteiger partial charge in [0.05, 0.1) is 24.8 Å². The van der Waals surface area contributed by atoms with E-state index in [1.165, 1.54) is 26.1 Å². The van der Waals surface area contributed by atoms with E-state index in [1.807, 2.05) is 5.32 Å². The van der Waals surface area contributed by atoms with Crippen molar-refractivity contribution in [2.75, 3.05) is 19.0 Å². The zero-order valence-corrected chi connectivity index (χ0v) is 25.4. The zero-order chi connectivity index (χ0) is 35.0. The normalized spacial score (nSPS) is 14.5. The molecule has 8 nitrogen and oxygen atoms in total. The van der Waals surface area contributed by atoms with Crippen LogP contribution in [0.15, 0.2) is 35.1 Å². The smallest absolute Gasteiger partial charge is 0.417 e. The summed E-state index contributed by atoms with van der Waals surface area (Å²) >= 11 is 0. The molecule has 1 aromatic heterocycles. The molecule has 0 radical (unpaired) electrons. The number of amides is 1. The van der Waals surface area contributed by atoms with Gasteiger partial charge in [0.15, 0.2) is 0 Å². The zero-order valence-electron chi connectivity index (χ0n) is 25.4. The van der Waals surface area contributed by atoms with Crippen LogP contribution in [0.1, 0.15) is 46.1 Å². The highest BCUT2D eigenvalue weighted by Gasteiger charge is 2.38. The van der Waals surface area contributed by atoms with E-state index < -0.39 is 75.9 Å². The van der Waals surface area contributed by atoms with E-state index >= 15 is 0 Å². The minimum absolute atomic E-state index is 0.0246. The van der Waals surface area contributed by atoms with Crippen molar-refractivity contribution in [1.82, 2.24) is 9.88 Å². The molecule has 0 bridgehead atoms. The van der Waals surface area contributed by atoms with Gasteiger partial charge in [0.25, 0.3) is 11.5 Å². The number of benzene rings is 2. The Kier molecular flexibility index (Phi) is 9.92. The van der Waals surface area contributed by atoms with Gasteiger partial charge in [-0.2, -0.15) is 26.3 Å². The number of halogens is 8. The number of hydrogen-bond donors (Lipinski definition) is 2. The molecule has 0 unspecified atom stereocenters. The second kappa shape index (κ2) is 13.2. The fraction of sp³-hybridized carbons (Fsp3) is 0.387. The highest BCUT2D eigenvalue weighted by Crippen LogP contribution is 2.43. The van der Waals surface area contributed by atoms with Crippen molar-refractivity contribution >= 4 is 17.6 Å². The Bertz CT molecular complexity index is 1740. The number of nitrogens with zero attached hydrogens (tertiary/aromatic N) is 1. The molecular weight excluding hydrogens is 646 g/mol. The monoisotopic (exact) mass is 675 g/mol. The fourth-order valence-electron chi connectivity index (χ4n) is 5.21. The Labute approximate surface area is 262 Å². The largest absolute Gasteiger partial charge is 0.493 e. The lowest BCUT2D eigenvalue weighted by atomic mass is 9.89. The van der Waals surface area contributed by atoms with Gasteiger partial charge in [0, 0.05) is 30.4 Å². The van der Waals surface area contributed by atoms with Crippen molar-refractivity contribution in [3.8, 4) is 16.9 Å². The minimum atomic E-state index is -4.89. The van der Waals surface area contributed by atoms with Gasteiger partial charge in [-0.3, -0.25) is 9.59 Å². The topological polar surface area (TPSA) is 98.7 Å². The van der Waals surface area contributed by atoms with Crippen LogP contribution in [0.4, 0.5) is 40.8 Å². The maximum Gasteiger partial charge on any atom is 0.417 e. The molecule has 0 saturated heterocycles. The van der Waals surface area contributed by atoms with Crippen molar-refractivity contribution in [3.63, 3.8) is 0 Å². The van der Waals surface area contributed by atoms with Crippen LogP contribution in [0, 0.1) is 18.6 Å². The van der Waals surface area contributed by atoms with E-state index in [0.29, 0.717) is 29.7 Å². The molecule has 47 heavy (non-hydrogen) atoms. The van der Waals surface area contributed by atoms with Crippen LogP contribution in [-0.2, 0) is 35.6 Å². The first-order valence-corrected chi connectivity index (χ1v) is 14.1. The highest BCUT2D eigenvalue weighted by atomic mass is 19.4. The lowest BCUT2D eigenvalue weighted by molar-refractivity contribution is -0.143. The number of rotatable bonds is 8. The summed E-state index contributed by atoms with van der Waals surface area (Å²) in [4.78, 5) is 38.8. The number of ether oxygens (including phenoxy) is 2. The summed E-state index contributed by atoms with van der Waals surface area (Å²) in [6.07, 6.45) is -9.31. The van der Waals surface area contributed by atoms with Gasteiger partial charge in [-0.05, 0) is 56.0 Å². The molecular formula is C31H29F8N3O5. The SMILES string of the molecule is COC(=O)[C@H](Cc1ccc(-c2c(C(F)(F)F)cc(C)n(C)c2=O)c2c1CCCO2)NC(=O)c1c(F)cc(N[C@H](C)C(F)(F)F)cc1F. The number of alkyl halides is 6. The maximum absolute atomic E-state index is 14.8. The van der Waals surface area contributed by atoms with Crippen LogP contribution < -0.4 is 20.9 Å². The fourth-order valence-corrected chi connectivity index (χ4v) is 5.21. The van der Waals surface area contributed by atoms with Crippen molar-refractivity contribution in [2.45, 2.75) is 57.5 Å². The number of nitrogens with one attached hydrogen (secondary N) is 2. The van der Waals surface area contributed by atoms with Gasteiger partial charge in [0.2, 0.25) is 0 Å². The van der Waals surface area contributed by atoms with Crippen molar-refractivity contribution in [3.05, 3.63) is 80.3 Å². The number of pyridine rings is 1. The van der Waals surface area contributed by atoms with Crippen LogP contribution in [0.5, 0.6) is 5.75 Å². The summed E-state index contributed by atoms with van der Waals surface area (Å²) in [6, 6.07) is 0.664. The van der Waals surface area contributed by atoms with Gasteiger partial charge in [-0.1, -0.05) is 12.1 Å². The number of anilines is 1.